The molecule has 6 nitrogen and oxygen atoms in total. The molecule has 1 aromatic rings. The third-order valence-electron chi connectivity index (χ3n) is 2.67. The molecule has 0 radical (unpaired) electrons. The smallest absolute Gasteiger partial charge is 0.349 e. The number of nitrogens with zero attached hydrogens (tertiary/aromatic N) is 1. The summed E-state index contributed by atoms with van der Waals surface area (Å²) in [5.41, 5.74) is 0.484. The second kappa shape index (κ2) is 9.19. The number of amides is 1. The average molecular weight is 302 g/mol. The highest BCUT2D eigenvalue weighted by Gasteiger charge is 2.12. The van der Waals surface area contributed by atoms with Crippen molar-refractivity contribution in [2.75, 3.05) is 20.3 Å². The Labute approximate surface area is 129 Å². The minimum absolute atomic E-state index is 0.173. The number of methoxy groups -OCH3 is 1. The van der Waals surface area contributed by atoms with Crippen LogP contribution in [0, 0.1) is 11.3 Å². The highest BCUT2D eigenvalue weighted by molar-refractivity contribution is 5.98. The predicted octanol–water partition coefficient (Wildman–Crippen LogP) is 1.67. The van der Waals surface area contributed by atoms with Crippen molar-refractivity contribution in [2.24, 2.45) is 0 Å². The molecule has 1 rings (SSSR count). The number of ether oxygens (including phenoxy) is 2. The normalized spacial score (nSPS) is 10.5. The number of benzene rings is 1. The van der Waals surface area contributed by atoms with Crippen molar-refractivity contribution in [3.63, 3.8) is 0 Å². The summed E-state index contributed by atoms with van der Waals surface area (Å²) >= 11 is 0. The molecule has 0 unspecified atom stereocenters. The summed E-state index contributed by atoms with van der Waals surface area (Å²) in [5, 5.41) is 11.6. The molecule has 1 aromatic carbocycles. The van der Waals surface area contributed by atoms with Crippen molar-refractivity contribution in [3.05, 3.63) is 35.4 Å². The van der Waals surface area contributed by atoms with Crippen LogP contribution in [0.15, 0.2) is 29.8 Å². The first-order valence-electron chi connectivity index (χ1n) is 6.80. The van der Waals surface area contributed by atoms with Crippen molar-refractivity contribution < 1.29 is 19.1 Å². The Morgan fingerprint density at radius 1 is 1.32 bits per heavy atom. The van der Waals surface area contributed by atoms with E-state index in [9.17, 15) is 9.59 Å². The monoisotopic (exact) mass is 302 g/mol. The third-order valence-corrected chi connectivity index (χ3v) is 2.67. The maximum atomic E-state index is 11.8. The summed E-state index contributed by atoms with van der Waals surface area (Å²) in [4.78, 5) is 23.1. The molecule has 0 aromatic heterocycles. The molecule has 0 bridgehead atoms. The maximum Gasteiger partial charge on any atom is 0.349 e. The van der Waals surface area contributed by atoms with Gasteiger partial charge in [-0.1, -0.05) is 19.1 Å². The van der Waals surface area contributed by atoms with Gasteiger partial charge in [-0.05, 0) is 30.2 Å². The molecule has 0 aliphatic rings. The molecule has 0 heterocycles. The van der Waals surface area contributed by atoms with Crippen molar-refractivity contribution in [3.8, 4) is 11.8 Å². The van der Waals surface area contributed by atoms with E-state index >= 15 is 0 Å². The van der Waals surface area contributed by atoms with E-state index < -0.39 is 18.5 Å². The fourth-order valence-corrected chi connectivity index (χ4v) is 1.53. The zero-order valence-electron chi connectivity index (χ0n) is 12.6. The summed E-state index contributed by atoms with van der Waals surface area (Å²) in [7, 11) is 1.55. The molecule has 22 heavy (non-hydrogen) atoms. The van der Waals surface area contributed by atoms with E-state index in [1.54, 1.807) is 37.4 Å². The van der Waals surface area contributed by atoms with Crippen LogP contribution in [0.3, 0.4) is 0 Å². The molecule has 1 amide bonds. The number of rotatable bonds is 7. The zero-order valence-corrected chi connectivity index (χ0v) is 12.6. The second-order valence-corrected chi connectivity index (χ2v) is 4.37. The Bertz CT molecular complexity index is 585. The van der Waals surface area contributed by atoms with Crippen LogP contribution in [0.2, 0.25) is 0 Å². The van der Waals surface area contributed by atoms with Crippen molar-refractivity contribution in [1.82, 2.24) is 5.32 Å². The topological polar surface area (TPSA) is 88.4 Å². The van der Waals surface area contributed by atoms with Gasteiger partial charge in [-0.25, -0.2) is 4.79 Å². The molecule has 0 aliphatic heterocycles. The van der Waals surface area contributed by atoms with Crippen LogP contribution < -0.4 is 10.1 Å². The lowest BCUT2D eigenvalue weighted by Crippen LogP contribution is -2.29. The van der Waals surface area contributed by atoms with Crippen molar-refractivity contribution >= 4 is 18.0 Å². The summed E-state index contributed by atoms with van der Waals surface area (Å²) in [6.07, 6.45) is 2.19. The summed E-state index contributed by atoms with van der Waals surface area (Å²) in [6, 6.07) is 8.61. The number of esters is 1. The van der Waals surface area contributed by atoms with Crippen LogP contribution in [0.5, 0.6) is 5.75 Å². The van der Waals surface area contributed by atoms with E-state index in [-0.39, 0.29) is 5.57 Å². The highest BCUT2D eigenvalue weighted by atomic mass is 16.5. The van der Waals surface area contributed by atoms with Gasteiger partial charge >= 0.3 is 5.97 Å². The number of nitriles is 1. The van der Waals surface area contributed by atoms with Gasteiger partial charge in [-0.3, -0.25) is 4.79 Å². The van der Waals surface area contributed by atoms with Gasteiger partial charge in [0.15, 0.2) is 6.61 Å². The Hall–Kier alpha value is -2.81. The van der Waals surface area contributed by atoms with Crippen LogP contribution in [-0.2, 0) is 14.3 Å². The Morgan fingerprint density at radius 3 is 2.55 bits per heavy atom. The van der Waals surface area contributed by atoms with Gasteiger partial charge in [0.25, 0.3) is 5.91 Å². The van der Waals surface area contributed by atoms with E-state index in [0.717, 1.165) is 6.42 Å². The molecule has 116 valence electrons. The fourth-order valence-electron chi connectivity index (χ4n) is 1.53. The van der Waals surface area contributed by atoms with Gasteiger partial charge < -0.3 is 14.8 Å². The highest BCUT2D eigenvalue weighted by Crippen LogP contribution is 2.14. The minimum atomic E-state index is -0.829. The number of hydrogen-bond donors (Lipinski definition) is 1. The van der Waals surface area contributed by atoms with Gasteiger partial charge in [-0.15, -0.1) is 0 Å². The lowest BCUT2D eigenvalue weighted by molar-refractivity contribution is -0.144. The van der Waals surface area contributed by atoms with Crippen LogP contribution in [0.1, 0.15) is 18.9 Å². The molecule has 0 aliphatic carbocycles. The van der Waals surface area contributed by atoms with E-state index in [4.69, 9.17) is 14.7 Å². The molecule has 0 fully saturated rings. The first-order chi connectivity index (χ1) is 10.6. The maximum absolute atomic E-state index is 11.8. The van der Waals surface area contributed by atoms with Crippen LogP contribution in [-0.4, -0.2) is 32.1 Å². The average Bonchev–Trinajstić information content (AvgIpc) is 2.56. The Kier molecular flexibility index (Phi) is 7.20. The van der Waals surface area contributed by atoms with Gasteiger partial charge in [0, 0.05) is 6.54 Å². The molecule has 0 saturated heterocycles. The lowest BCUT2D eigenvalue weighted by atomic mass is 10.1. The fraction of sp³-hybridized carbons (Fsp3) is 0.312. The van der Waals surface area contributed by atoms with Gasteiger partial charge in [0.1, 0.15) is 17.4 Å². The molecule has 0 atom stereocenters. The van der Waals surface area contributed by atoms with Crippen LogP contribution in [0.25, 0.3) is 6.08 Å². The number of carbonyl (C=O) groups excluding carboxylic acids is 2. The predicted molar refractivity (Wildman–Crippen MR) is 80.8 cm³/mol. The van der Waals surface area contributed by atoms with Crippen molar-refractivity contribution in [1.29, 1.82) is 5.26 Å². The van der Waals surface area contributed by atoms with Gasteiger partial charge in [0.2, 0.25) is 0 Å². The second-order valence-electron chi connectivity index (χ2n) is 4.37. The largest absolute Gasteiger partial charge is 0.497 e. The minimum Gasteiger partial charge on any atom is -0.497 e. The number of hydrogen-bond acceptors (Lipinski definition) is 5. The molecular formula is C16H18N2O4. The number of nitrogens with one attached hydrogen (secondary N) is 1. The van der Waals surface area contributed by atoms with E-state index in [2.05, 4.69) is 5.32 Å². The number of carbonyl (C=O) groups is 2. The van der Waals surface area contributed by atoms with Crippen LogP contribution in [0.4, 0.5) is 0 Å². The van der Waals surface area contributed by atoms with E-state index in [0.29, 0.717) is 17.9 Å². The first kappa shape index (κ1) is 17.2. The standard InChI is InChI=1S/C16H18N2O4/c1-3-8-18-15(19)11-22-16(20)13(10-17)9-12-4-6-14(21-2)7-5-12/h4-7,9H,3,8,11H2,1-2H3,(H,18,19)/b13-9+. The molecule has 6 heteroatoms. The Balaban J connectivity index is 2.65. The van der Waals surface area contributed by atoms with Gasteiger partial charge in [0.05, 0.1) is 7.11 Å². The Morgan fingerprint density at radius 2 is 2.00 bits per heavy atom. The molecule has 0 spiro atoms. The lowest BCUT2D eigenvalue weighted by Gasteiger charge is -2.05. The first-order valence-corrected chi connectivity index (χ1v) is 6.80. The molecule has 0 saturated carbocycles. The molecular weight excluding hydrogens is 284 g/mol. The quantitative estimate of drug-likeness (QED) is 0.470. The zero-order chi connectivity index (χ0) is 16.4. The third kappa shape index (κ3) is 5.67. The summed E-state index contributed by atoms with van der Waals surface area (Å²) in [6.45, 7) is 2.03. The van der Waals surface area contributed by atoms with Crippen molar-refractivity contribution in [2.45, 2.75) is 13.3 Å². The summed E-state index contributed by atoms with van der Waals surface area (Å²) in [5.74, 6) is -0.548. The van der Waals surface area contributed by atoms with E-state index in [1.165, 1.54) is 6.08 Å². The van der Waals surface area contributed by atoms with E-state index in [1.807, 2.05) is 6.92 Å². The van der Waals surface area contributed by atoms with Crippen LogP contribution >= 0.6 is 0 Å². The SMILES string of the molecule is CCCNC(=O)COC(=O)/C(C#N)=C/c1ccc(OC)cc1. The molecule has 1 N–H and O–H groups in total. The summed E-state index contributed by atoms with van der Waals surface area (Å²) < 4.78 is 9.83. The van der Waals surface area contributed by atoms with Gasteiger partial charge in [-0.2, -0.15) is 5.26 Å².